The maximum absolute atomic E-state index is 13.7. The number of nitro benzene ring substituents is 1. The number of nitrogens with one attached hydrogen (secondary N) is 1. The van der Waals surface area contributed by atoms with Gasteiger partial charge >= 0.3 is 12.1 Å². The van der Waals surface area contributed by atoms with Crippen molar-refractivity contribution in [3.05, 3.63) is 56.0 Å². The molecule has 1 amide bonds. The summed E-state index contributed by atoms with van der Waals surface area (Å²) in [4.78, 5) is 39.1. The lowest BCUT2D eigenvalue weighted by Gasteiger charge is -2.29. The van der Waals surface area contributed by atoms with E-state index in [1.165, 1.54) is 30.5 Å². The largest absolute Gasteiger partial charge is 0.463 e. The molecule has 0 aliphatic rings. The molecule has 0 aliphatic carbocycles. The zero-order valence-corrected chi connectivity index (χ0v) is 18.7. The van der Waals surface area contributed by atoms with Crippen LogP contribution in [0.15, 0.2) is 29.6 Å². The van der Waals surface area contributed by atoms with Crippen LogP contribution >= 0.6 is 11.3 Å². The molecule has 0 saturated carbocycles. The number of aliphatic hydroxyl groups is 1. The SMILES string of the molecule is Cc1csc(C(O)(CC(=O)NC(CC(=O)OC(C)C)c2ccccc2[N+](=O)[O-])C(F)(F)F)n1. The van der Waals surface area contributed by atoms with Gasteiger partial charge in [-0.05, 0) is 20.8 Å². The van der Waals surface area contributed by atoms with E-state index in [9.17, 15) is 38.0 Å². The number of ether oxygens (including phenoxy) is 1. The van der Waals surface area contributed by atoms with E-state index in [1.807, 2.05) is 0 Å². The van der Waals surface area contributed by atoms with Crippen molar-refractivity contribution in [1.82, 2.24) is 10.3 Å². The number of benzene rings is 1. The Bertz CT molecular complexity index is 1030. The summed E-state index contributed by atoms with van der Waals surface area (Å²) in [5.41, 5.74) is -3.90. The molecule has 2 atom stereocenters. The molecule has 2 unspecified atom stereocenters. The number of carbonyl (C=O) groups is 2. The highest BCUT2D eigenvalue weighted by Crippen LogP contribution is 2.43. The molecule has 1 aromatic carbocycles. The number of nitrogens with zero attached hydrogens (tertiary/aromatic N) is 2. The lowest BCUT2D eigenvalue weighted by Crippen LogP contribution is -2.46. The van der Waals surface area contributed by atoms with Crippen molar-refractivity contribution in [3.8, 4) is 0 Å². The fraction of sp³-hybridized carbons (Fsp3) is 0.450. The average Bonchev–Trinajstić information content (AvgIpc) is 3.12. The van der Waals surface area contributed by atoms with Crippen LogP contribution < -0.4 is 5.32 Å². The van der Waals surface area contributed by atoms with Crippen molar-refractivity contribution in [2.75, 3.05) is 0 Å². The monoisotopic (exact) mass is 489 g/mol. The molecule has 13 heteroatoms. The number of carbonyl (C=O) groups excluding carboxylic acids is 2. The molecule has 2 N–H and O–H groups in total. The Morgan fingerprint density at radius 1 is 1.30 bits per heavy atom. The van der Waals surface area contributed by atoms with E-state index in [0.29, 0.717) is 11.3 Å². The zero-order valence-electron chi connectivity index (χ0n) is 17.9. The summed E-state index contributed by atoms with van der Waals surface area (Å²) in [5.74, 6) is -2.11. The van der Waals surface area contributed by atoms with Crippen molar-refractivity contribution < 1.29 is 37.5 Å². The molecule has 0 bridgehead atoms. The number of para-hydroxylation sites is 1. The molecule has 2 rings (SSSR count). The average molecular weight is 489 g/mol. The van der Waals surface area contributed by atoms with Crippen LogP contribution in [0.1, 0.15) is 49.0 Å². The normalized spacial score (nSPS) is 14.4. The predicted octanol–water partition coefficient (Wildman–Crippen LogP) is 3.70. The lowest BCUT2D eigenvalue weighted by atomic mass is 9.97. The third kappa shape index (κ3) is 6.48. The van der Waals surface area contributed by atoms with E-state index in [-0.39, 0.29) is 11.3 Å². The highest BCUT2D eigenvalue weighted by atomic mass is 32.1. The van der Waals surface area contributed by atoms with Crippen molar-refractivity contribution in [2.45, 2.75) is 57.5 Å². The number of amides is 1. The molecule has 0 saturated heterocycles. The molecule has 1 aromatic heterocycles. The first-order chi connectivity index (χ1) is 15.2. The lowest BCUT2D eigenvalue weighted by molar-refractivity contribution is -0.385. The molecular formula is C20H22F3N3O6S. The Hall–Kier alpha value is -3.06. The van der Waals surface area contributed by atoms with Crippen LogP contribution in [0.4, 0.5) is 18.9 Å². The predicted molar refractivity (Wildman–Crippen MR) is 111 cm³/mol. The summed E-state index contributed by atoms with van der Waals surface area (Å²) in [6, 6.07) is 3.80. The summed E-state index contributed by atoms with van der Waals surface area (Å²) >= 11 is 0.540. The van der Waals surface area contributed by atoms with Gasteiger partial charge in [0, 0.05) is 17.1 Å². The van der Waals surface area contributed by atoms with E-state index in [2.05, 4.69) is 10.3 Å². The van der Waals surface area contributed by atoms with E-state index < -0.39 is 64.3 Å². The first-order valence-corrected chi connectivity index (χ1v) is 10.6. The van der Waals surface area contributed by atoms with Crippen molar-refractivity contribution in [2.24, 2.45) is 0 Å². The van der Waals surface area contributed by atoms with Crippen LogP contribution in [-0.2, 0) is 19.9 Å². The van der Waals surface area contributed by atoms with Gasteiger partial charge in [0.05, 0.1) is 35.5 Å². The van der Waals surface area contributed by atoms with Gasteiger partial charge in [-0.2, -0.15) is 13.2 Å². The molecule has 9 nitrogen and oxygen atoms in total. The summed E-state index contributed by atoms with van der Waals surface area (Å²) in [5, 5.41) is 24.6. The van der Waals surface area contributed by atoms with Crippen LogP contribution in [0.5, 0.6) is 0 Å². The second-order valence-corrected chi connectivity index (χ2v) is 8.37. The number of rotatable bonds is 9. The number of hydrogen-bond donors (Lipinski definition) is 2. The number of hydrogen-bond acceptors (Lipinski definition) is 8. The minimum absolute atomic E-state index is 0.0998. The van der Waals surface area contributed by atoms with Gasteiger partial charge in [-0.15, -0.1) is 11.3 Å². The van der Waals surface area contributed by atoms with E-state index in [1.54, 1.807) is 13.8 Å². The quantitative estimate of drug-likeness (QED) is 0.312. The highest BCUT2D eigenvalue weighted by Gasteiger charge is 2.58. The Kier molecular flexibility index (Phi) is 8.14. The van der Waals surface area contributed by atoms with Crippen LogP contribution in [0.25, 0.3) is 0 Å². The summed E-state index contributed by atoms with van der Waals surface area (Å²) < 4.78 is 46.2. The van der Waals surface area contributed by atoms with Crippen LogP contribution in [0.3, 0.4) is 0 Å². The Balaban J connectivity index is 2.37. The molecule has 0 aliphatic heterocycles. The maximum atomic E-state index is 13.7. The maximum Gasteiger partial charge on any atom is 0.424 e. The van der Waals surface area contributed by atoms with Gasteiger partial charge < -0.3 is 15.2 Å². The summed E-state index contributed by atoms with van der Waals surface area (Å²) in [7, 11) is 0. The Morgan fingerprint density at radius 2 is 1.94 bits per heavy atom. The van der Waals surface area contributed by atoms with Crippen LogP contribution in [0, 0.1) is 17.0 Å². The van der Waals surface area contributed by atoms with Gasteiger partial charge in [0.15, 0.2) is 0 Å². The number of nitro groups is 1. The Labute approximate surface area is 190 Å². The van der Waals surface area contributed by atoms with E-state index in [4.69, 9.17) is 4.74 Å². The molecule has 2 aromatic rings. The summed E-state index contributed by atoms with van der Waals surface area (Å²) in [6.07, 6.45) is -7.79. The minimum atomic E-state index is -5.24. The zero-order chi connectivity index (χ0) is 25.0. The second kappa shape index (κ2) is 10.3. The van der Waals surface area contributed by atoms with Crippen molar-refractivity contribution in [1.29, 1.82) is 0 Å². The molecular weight excluding hydrogens is 467 g/mol. The molecule has 0 fully saturated rings. The second-order valence-electron chi connectivity index (χ2n) is 7.51. The first-order valence-electron chi connectivity index (χ1n) is 9.68. The minimum Gasteiger partial charge on any atom is -0.463 e. The fourth-order valence-corrected chi connectivity index (χ4v) is 3.90. The first kappa shape index (κ1) is 26.2. The number of halogens is 3. The van der Waals surface area contributed by atoms with E-state index >= 15 is 0 Å². The topological polar surface area (TPSA) is 132 Å². The third-order valence-corrected chi connectivity index (χ3v) is 5.55. The number of alkyl halides is 3. The Morgan fingerprint density at radius 3 is 2.45 bits per heavy atom. The standard InChI is InChI=1S/C20H22F3N3O6S/c1-11(2)32-17(28)8-14(13-6-4-5-7-15(13)26(30)31)25-16(27)9-19(29,20(21,22)23)18-24-12(3)10-33-18/h4-7,10-11,14,29H,8-9H2,1-3H3,(H,25,27). The fourth-order valence-electron chi connectivity index (χ4n) is 2.98. The van der Waals surface area contributed by atoms with Crippen molar-refractivity contribution >= 4 is 28.9 Å². The highest BCUT2D eigenvalue weighted by molar-refractivity contribution is 7.09. The van der Waals surface area contributed by atoms with Gasteiger partial charge in [0.1, 0.15) is 5.01 Å². The number of aryl methyl sites for hydroxylation is 1. The van der Waals surface area contributed by atoms with Crippen LogP contribution in [-0.4, -0.2) is 39.2 Å². The molecule has 33 heavy (non-hydrogen) atoms. The summed E-state index contributed by atoms with van der Waals surface area (Å²) in [6.45, 7) is 4.56. The molecule has 1 heterocycles. The molecule has 0 radical (unpaired) electrons. The van der Waals surface area contributed by atoms with Crippen LogP contribution in [0.2, 0.25) is 0 Å². The van der Waals surface area contributed by atoms with Crippen molar-refractivity contribution in [3.63, 3.8) is 0 Å². The molecule has 0 spiro atoms. The van der Waals surface area contributed by atoms with Gasteiger partial charge in [0.25, 0.3) is 5.69 Å². The number of esters is 1. The molecule has 180 valence electrons. The third-order valence-electron chi connectivity index (χ3n) is 4.44. The number of thiazole rings is 1. The van der Waals surface area contributed by atoms with Gasteiger partial charge in [-0.1, -0.05) is 18.2 Å². The van der Waals surface area contributed by atoms with E-state index in [0.717, 1.165) is 6.07 Å². The number of aromatic nitrogens is 1. The van der Waals surface area contributed by atoms with Gasteiger partial charge in [0.2, 0.25) is 11.5 Å². The van der Waals surface area contributed by atoms with Gasteiger partial charge in [-0.25, -0.2) is 4.98 Å². The van der Waals surface area contributed by atoms with Gasteiger partial charge in [-0.3, -0.25) is 19.7 Å². The smallest absolute Gasteiger partial charge is 0.424 e.